The van der Waals surface area contributed by atoms with Crippen LogP contribution in [0, 0.1) is 0 Å². The Morgan fingerprint density at radius 3 is 2.40 bits per heavy atom. The van der Waals surface area contributed by atoms with Crippen molar-refractivity contribution in [3.05, 3.63) is 83.6 Å². The van der Waals surface area contributed by atoms with Crippen molar-refractivity contribution in [2.24, 2.45) is 0 Å². The van der Waals surface area contributed by atoms with Crippen LogP contribution in [0.4, 0.5) is 17.2 Å². The third-order valence-electron chi connectivity index (χ3n) is 8.47. The number of hydrogen-bond acceptors (Lipinski definition) is 7. The highest BCUT2D eigenvalue weighted by Gasteiger charge is 2.22. The van der Waals surface area contributed by atoms with Gasteiger partial charge in [-0.05, 0) is 94.3 Å². The normalized spacial score (nSPS) is 15.3. The van der Waals surface area contributed by atoms with Crippen LogP contribution in [0.3, 0.4) is 0 Å². The van der Waals surface area contributed by atoms with Gasteiger partial charge < -0.3 is 20.1 Å². The van der Waals surface area contributed by atoms with E-state index in [-0.39, 0.29) is 5.91 Å². The lowest BCUT2D eigenvalue weighted by Gasteiger charge is -2.20. The van der Waals surface area contributed by atoms with Crippen molar-refractivity contribution in [3.63, 3.8) is 0 Å². The second-order valence-corrected chi connectivity index (χ2v) is 11.7. The highest BCUT2D eigenvalue weighted by molar-refractivity contribution is 5.92. The van der Waals surface area contributed by atoms with Gasteiger partial charge in [0.2, 0.25) is 5.91 Å². The van der Waals surface area contributed by atoms with Gasteiger partial charge in [0.1, 0.15) is 17.2 Å². The van der Waals surface area contributed by atoms with E-state index in [0.717, 1.165) is 66.8 Å². The Bertz CT molecular complexity index is 1610. The summed E-state index contributed by atoms with van der Waals surface area (Å²) < 4.78 is 10.9. The van der Waals surface area contributed by atoms with E-state index in [0.29, 0.717) is 29.9 Å². The highest BCUT2D eigenvalue weighted by Crippen LogP contribution is 2.30. The molecule has 0 radical (unpaired) electrons. The van der Waals surface area contributed by atoms with E-state index in [1.165, 1.54) is 24.0 Å². The molecule has 1 unspecified atom stereocenters. The number of nitrogens with zero attached hydrogens (tertiary/aromatic N) is 3. The molecule has 1 aromatic heterocycles. The van der Waals surface area contributed by atoms with E-state index in [2.05, 4.69) is 47.6 Å². The quantitative estimate of drug-likeness (QED) is 0.140. The first-order valence-corrected chi connectivity index (χ1v) is 16.0. The Morgan fingerprint density at radius 2 is 1.71 bits per heavy atom. The van der Waals surface area contributed by atoms with Crippen molar-refractivity contribution in [1.29, 1.82) is 0 Å². The second kappa shape index (κ2) is 15.5. The molecule has 0 aliphatic carbocycles. The number of amides is 1. The molecule has 4 aromatic rings. The van der Waals surface area contributed by atoms with Gasteiger partial charge in [0.25, 0.3) is 0 Å². The molecule has 8 heteroatoms. The zero-order valence-electron chi connectivity index (χ0n) is 26.9. The van der Waals surface area contributed by atoms with Crippen molar-refractivity contribution < 1.29 is 14.3 Å². The predicted molar refractivity (Wildman–Crippen MR) is 184 cm³/mol. The standard InChI is InChI=1S/C37H45N5O3/c1-5-27(13-6-7-14-28-15-10-16-29(20-28)38-36(43)25-42-19-11-12-26(42)2)21-35-37(41-34-18-9-8-17-33(34)40-35)39-30-22-31(44-3)24-32(23-30)45-4/h8-10,15-18,20-24,26H,5-7,11-14,19,25H2,1-4H3,(H,38,43)(H,39,41). The fourth-order valence-corrected chi connectivity index (χ4v) is 5.87. The average Bonchev–Trinajstić information content (AvgIpc) is 3.45. The third kappa shape index (κ3) is 8.82. The minimum absolute atomic E-state index is 0.0646. The summed E-state index contributed by atoms with van der Waals surface area (Å²) >= 11 is 0. The first-order valence-electron chi connectivity index (χ1n) is 16.0. The van der Waals surface area contributed by atoms with Crippen molar-refractivity contribution >= 4 is 40.2 Å². The highest BCUT2D eigenvalue weighted by atomic mass is 16.5. The van der Waals surface area contributed by atoms with Crippen LogP contribution in [0.1, 0.15) is 63.6 Å². The number of likely N-dealkylation sites (tertiary alicyclic amines) is 1. The van der Waals surface area contributed by atoms with E-state index < -0.39 is 0 Å². The number of unbranched alkanes of at least 4 members (excludes halogenated alkanes) is 1. The number of benzene rings is 3. The third-order valence-corrected chi connectivity index (χ3v) is 8.47. The van der Waals surface area contributed by atoms with Gasteiger partial charge in [0, 0.05) is 35.6 Å². The molecule has 45 heavy (non-hydrogen) atoms. The SMILES string of the molecule is CCC(=Cc1nc2ccccc2nc1Nc1cc(OC)cc(OC)c1)CCCCc1cccc(NC(=O)CN2CCCC2C)c1. The molecular weight excluding hydrogens is 562 g/mol. The average molecular weight is 608 g/mol. The number of methoxy groups -OCH3 is 2. The van der Waals surface area contributed by atoms with Gasteiger partial charge >= 0.3 is 0 Å². The summed E-state index contributed by atoms with van der Waals surface area (Å²) in [6, 6.07) is 22.4. The summed E-state index contributed by atoms with van der Waals surface area (Å²) in [5.74, 6) is 2.14. The summed E-state index contributed by atoms with van der Waals surface area (Å²) in [6.45, 7) is 5.86. The number of allylic oxidation sites excluding steroid dienone is 1. The first kappa shape index (κ1) is 32.0. The molecule has 0 bridgehead atoms. The van der Waals surface area contributed by atoms with Gasteiger partial charge in [0.15, 0.2) is 5.82 Å². The Hall–Kier alpha value is -4.43. The molecule has 2 heterocycles. The number of fused-ring (bicyclic) bond motifs is 1. The number of rotatable bonds is 14. The van der Waals surface area contributed by atoms with Crippen molar-refractivity contribution in [2.45, 2.75) is 64.8 Å². The summed E-state index contributed by atoms with van der Waals surface area (Å²) in [5.41, 5.74) is 6.74. The molecule has 0 spiro atoms. The molecular formula is C37H45N5O3. The van der Waals surface area contributed by atoms with Crippen LogP contribution in [-0.4, -0.2) is 54.1 Å². The van der Waals surface area contributed by atoms with Gasteiger partial charge in [-0.3, -0.25) is 9.69 Å². The summed E-state index contributed by atoms with van der Waals surface area (Å²) in [5, 5.41) is 6.56. The minimum atomic E-state index is 0.0646. The molecule has 1 amide bonds. The smallest absolute Gasteiger partial charge is 0.238 e. The van der Waals surface area contributed by atoms with Crippen molar-refractivity contribution in [1.82, 2.24) is 14.9 Å². The number of para-hydroxylation sites is 2. The first-order chi connectivity index (χ1) is 21.9. The summed E-state index contributed by atoms with van der Waals surface area (Å²) in [6.07, 6.45) is 9.49. The molecule has 1 aliphatic rings. The molecule has 8 nitrogen and oxygen atoms in total. The topological polar surface area (TPSA) is 88.6 Å². The van der Waals surface area contributed by atoms with Crippen LogP contribution in [0.25, 0.3) is 17.1 Å². The fourth-order valence-electron chi connectivity index (χ4n) is 5.87. The van der Waals surface area contributed by atoms with Crippen molar-refractivity contribution in [3.8, 4) is 11.5 Å². The molecule has 1 fully saturated rings. The summed E-state index contributed by atoms with van der Waals surface area (Å²) in [7, 11) is 3.28. The van der Waals surface area contributed by atoms with E-state index in [1.54, 1.807) is 14.2 Å². The largest absolute Gasteiger partial charge is 0.497 e. The zero-order chi connectivity index (χ0) is 31.6. The van der Waals surface area contributed by atoms with E-state index in [9.17, 15) is 4.79 Å². The molecule has 1 atom stereocenters. The zero-order valence-corrected chi connectivity index (χ0v) is 26.9. The number of aryl methyl sites for hydroxylation is 1. The molecule has 3 aromatic carbocycles. The van der Waals surface area contributed by atoms with Gasteiger partial charge in [-0.25, -0.2) is 9.97 Å². The lowest BCUT2D eigenvalue weighted by atomic mass is 10.0. The van der Waals surface area contributed by atoms with E-state index >= 15 is 0 Å². The van der Waals surface area contributed by atoms with E-state index in [1.807, 2.05) is 54.6 Å². The predicted octanol–water partition coefficient (Wildman–Crippen LogP) is 8.02. The maximum Gasteiger partial charge on any atom is 0.238 e. The molecule has 1 saturated heterocycles. The molecule has 5 rings (SSSR count). The summed E-state index contributed by atoms with van der Waals surface area (Å²) in [4.78, 5) is 24.8. The number of carbonyl (C=O) groups is 1. The van der Waals surface area contributed by atoms with Crippen LogP contribution in [0.5, 0.6) is 11.5 Å². The second-order valence-electron chi connectivity index (χ2n) is 11.7. The lowest BCUT2D eigenvalue weighted by Crippen LogP contribution is -2.35. The maximum absolute atomic E-state index is 12.6. The number of nitrogens with one attached hydrogen (secondary N) is 2. The number of ether oxygens (including phenoxy) is 2. The number of anilines is 3. The maximum atomic E-state index is 12.6. The number of hydrogen-bond donors (Lipinski definition) is 2. The Balaban J connectivity index is 1.23. The van der Waals surface area contributed by atoms with Gasteiger partial charge in [-0.15, -0.1) is 0 Å². The number of aromatic nitrogens is 2. The molecule has 236 valence electrons. The molecule has 1 aliphatic heterocycles. The van der Waals surface area contributed by atoms with Crippen LogP contribution in [0.2, 0.25) is 0 Å². The van der Waals surface area contributed by atoms with Crippen molar-refractivity contribution in [2.75, 3.05) is 37.9 Å². The van der Waals surface area contributed by atoms with Crippen LogP contribution in [0.15, 0.2) is 72.3 Å². The van der Waals surface area contributed by atoms with Crippen LogP contribution in [-0.2, 0) is 11.2 Å². The Morgan fingerprint density at radius 1 is 0.956 bits per heavy atom. The number of carbonyl (C=O) groups excluding carboxylic acids is 1. The molecule has 0 saturated carbocycles. The van der Waals surface area contributed by atoms with Gasteiger partial charge in [0.05, 0.1) is 31.8 Å². The lowest BCUT2D eigenvalue weighted by molar-refractivity contribution is -0.117. The Kier molecular flexibility index (Phi) is 11.0. The van der Waals surface area contributed by atoms with Crippen LogP contribution < -0.4 is 20.1 Å². The monoisotopic (exact) mass is 607 g/mol. The fraction of sp³-hybridized carbons (Fsp3) is 0.378. The van der Waals surface area contributed by atoms with Gasteiger partial charge in [-0.2, -0.15) is 0 Å². The Labute approximate surface area is 266 Å². The van der Waals surface area contributed by atoms with E-state index in [4.69, 9.17) is 19.4 Å². The molecule has 2 N–H and O–H groups in total. The van der Waals surface area contributed by atoms with Gasteiger partial charge in [-0.1, -0.05) is 36.8 Å². The minimum Gasteiger partial charge on any atom is -0.497 e. The van der Waals surface area contributed by atoms with Crippen LogP contribution >= 0.6 is 0 Å².